The number of rotatable bonds is 12. The minimum Gasteiger partial charge on any atom is -0.459 e. The number of amides is 1. The summed E-state index contributed by atoms with van der Waals surface area (Å²) >= 11 is 0. The van der Waals surface area contributed by atoms with Crippen LogP contribution in [0.3, 0.4) is 0 Å². The summed E-state index contributed by atoms with van der Waals surface area (Å²) in [7, 11) is 0. The molecule has 0 aromatic heterocycles. The summed E-state index contributed by atoms with van der Waals surface area (Å²) in [5.41, 5.74) is 6.38. The van der Waals surface area contributed by atoms with E-state index in [1.807, 2.05) is 0 Å². The Morgan fingerprint density at radius 2 is 0.980 bits per heavy atom. The van der Waals surface area contributed by atoms with Crippen molar-refractivity contribution < 1.29 is 52.4 Å². The van der Waals surface area contributed by atoms with Crippen LogP contribution in [0.4, 0.5) is 0 Å². The molecule has 0 saturated carbocycles. The molecule has 5 atom stereocenters. The lowest BCUT2D eigenvalue weighted by Gasteiger charge is -2.49. The van der Waals surface area contributed by atoms with Gasteiger partial charge in [0.05, 0.1) is 22.3 Å². The minimum atomic E-state index is -2.61. The third-order valence-corrected chi connectivity index (χ3v) is 7.53. The molecule has 4 aromatic carbocycles. The van der Waals surface area contributed by atoms with E-state index in [1.165, 1.54) is 55.5 Å². The molecule has 1 aliphatic rings. The fourth-order valence-electron chi connectivity index (χ4n) is 5.21. The van der Waals surface area contributed by atoms with Crippen LogP contribution in [0.5, 0.6) is 0 Å². The number of nitrogens with two attached hydrogens (primary N) is 1. The zero-order valence-corrected chi connectivity index (χ0v) is 26.3. The predicted octanol–water partition coefficient (Wildman–Crippen LogP) is 4.14. The van der Waals surface area contributed by atoms with Crippen LogP contribution < -0.4 is 5.73 Å². The number of hydrogen-bond donors (Lipinski definition) is 1. The van der Waals surface area contributed by atoms with Crippen LogP contribution in [-0.4, -0.2) is 73.2 Å². The zero-order chi connectivity index (χ0) is 34.8. The van der Waals surface area contributed by atoms with Crippen molar-refractivity contribution in [2.75, 3.05) is 13.2 Å². The molecule has 252 valence electrons. The maximum Gasteiger partial charge on any atom is 0.338 e. The highest BCUT2D eigenvalue weighted by Gasteiger charge is 2.64. The van der Waals surface area contributed by atoms with Crippen molar-refractivity contribution in [3.05, 3.63) is 144 Å². The first-order valence-corrected chi connectivity index (χ1v) is 15.4. The van der Waals surface area contributed by atoms with Gasteiger partial charge in [0.1, 0.15) is 12.7 Å². The summed E-state index contributed by atoms with van der Waals surface area (Å²) in [5, 5.41) is 0. The fraction of sp³-hybridized carbons (Fsp3) is 0.216. The van der Waals surface area contributed by atoms with Gasteiger partial charge in [0.2, 0.25) is 6.10 Å². The second kappa shape index (κ2) is 15.8. The molecule has 5 rings (SSSR count). The average Bonchev–Trinajstić information content (AvgIpc) is 3.14. The van der Waals surface area contributed by atoms with Crippen LogP contribution in [0.15, 0.2) is 121 Å². The normalized spacial score (nSPS) is 21.5. The highest BCUT2D eigenvalue weighted by atomic mass is 16.8. The summed E-state index contributed by atoms with van der Waals surface area (Å²) < 4.78 is 35.2. The average molecular weight is 668 g/mol. The van der Waals surface area contributed by atoms with Crippen molar-refractivity contribution in [3.63, 3.8) is 0 Å². The number of ether oxygens (including phenoxy) is 6. The first-order valence-electron chi connectivity index (χ1n) is 15.4. The van der Waals surface area contributed by atoms with Gasteiger partial charge >= 0.3 is 23.9 Å². The lowest BCUT2D eigenvalue weighted by molar-refractivity contribution is -0.341. The van der Waals surface area contributed by atoms with E-state index in [0.29, 0.717) is 0 Å². The number of benzene rings is 4. The van der Waals surface area contributed by atoms with E-state index in [-0.39, 0.29) is 28.9 Å². The Morgan fingerprint density at radius 1 is 0.592 bits per heavy atom. The Bertz CT molecular complexity index is 1750. The van der Waals surface area contributed by atoms with Gasteiger partial charge in [0.15, 0.2) is 12.2 Å². The fourth-order valence-corrected chi connectivity index (χ4v) is 5.21. The molecule has 1 heterocycles. The predicted molar refractivity (Wildman–Crippen MR) is 172 cm³/mol. The number of hydrogen-bond acceptors (Lipinski definition) is 11. The van der Waals surface area contributed by atoms with Gasteiger partial charge in [-0.05, 0) is 55.5 Å². The second-order valence-electron chi connectivity index (χ2n) is 10.7. The molecule has 12 heteroatoms. The van der Waals surface area contributed by atoms with Gasteiger partial charge in [0.25, 0.3) is 11.7 Å². The van der Waals surface area contributed by atoms with Gasteiger partial charge in [0, 0.05) is 6.61 Å². The first-order chi connectivity index (χ1) is 23.7. The molecule has 12 nitrogen and oxygen atoms in total. The van der Waals surface area contributed by atoms with Crippen molar-refractivity contribution in [1.82, 2.24) is 0 Å². The van der Waals surface area contributed by atoms with Crippen molar-refractivity contribution in [1.29, 1.82) is 0 Å². The molecular formula is C37H33NO11. The van der Waals surface area contributed by atoms with Gasteiger partial charge < -0.3 is 34.2 Å². The monoisotopic (exact) mass is 667 g/mol. The Hall–Kier alpha value is -5.85. The largest absolute Gasteiger partial charge is 0.459 e. The van der Waals surface area contributed by atoms with E-state index in [2.05, 4.69) is 0 Å². The molecule has 0 aliphatic carbocycles. The second-order valence-corrected chi connectivity index (χ2v) is 10.7. The first kappa shape index (κ1) is 34.5. The third-order valence-electron chi connectivity index (χ3n) is 7.53. The lowest BCUT2D eigenvalue weighted by Crippen LogP contribution is -2.72. The third kappa shape index (κ3) is 8.00. The molecule has 0 unspecified atom stereocenters. The van der Waals surface area contributed by atoms with Crippen molar-refractivity contribution in [3.8, 4) is 0 Å². The molecule has 1 amide bonds. The van der Waals surface area contributed by atoms with E-state index < -0.39 is 66.6 Å². The summed E-state index contributed by atoms with van der Waals surface area (Å²) in [5.74, 6) is -7.40. The van der Waals surface area contributed by atoms with Crippen molar-refractivity contribution in [2.45, 2.75) is 37.1 Å². The van der Waals surface area contributed by atoms with Crippen molar-refractivity contribution in [2.24, 2.45) is 5.73 Å². The Labute approximate surface area is 281 Å². The van der Waals surface area contributed by atoms with E-state index >= 15 is 0 Å². The SMILES string of the molecule is CCO[C@]1(C(N)=O)O[C@H](COC(=O)c2ccccc2)[C@H](OC(=O)c2ccccc2)[C@H](OC(=O)c2ccccc2)[C@H]1OC(=O)c1ccccc1. The van der Waals surface area contributed by atoms with Crippen LogP contribution in [0, 0.1) is 0 Å². The number of carbonyl (C=O) groups is 5. The topological polar surface area (TPSA) is 167 Å². The highest BCUT2D eigenvalue weighted by Crippen LogP contribution is 2.38. The molecule has 0 spiro atoms. The van der Waals surface area contributed by atoms with E-state index in [0.717, 1.165) is 0 Å². The van der Waals surface area contributed by atoms with Gasteiger partial charge in [-0.3, -0.25) is 4.79 Å². The molecule has 49 heavy (non-hydrogen) atoms. The number of esters is 4. The smallest absolute Gasteiger partial charge is 0.338 e. The van der Waals surface area contributed by atoms with Gasteiger partial charge in [-0.25, -0.2) is 19.2 Å². The van der Waals surface area contributed by atoms with Crippen LogP contribution in [0.25, 0.3) is 0 Å². The maximum atomic E-state index is 13.6. The molecule has 4 aromatic rings. The van der Waals surface area contributed by atoms with Crippen molar-refractivity contribution >= 4 is 29.8 Å². The van der Waals surface area contributed by atoms with Crippen LogP contribution in [0.1, 0.15) is 48.4 Å². The maximum absolute atomic E-state index is 13.6. The van der Waals surface area contributed by atoms with Gasteiger partial charge in [-0.1, -0.05) is 72.8 Å². The Morgan fingerprint density at radius 3 is 1.39 bits per heavy atom. The Kier molecular flexibility index (Phi) is 11.1. The molecular weight excluding hydrogens is 634 g/mol. The molecule has 2 N–H and O–H groups in total. The van der Waals surface area contributed by atoms with E-state index in [9.17, 15) is 24.0 Å². The van der Waals surface area contributed by atoms with Crippen LogP contribution in [0.2, 0.25) is 0 Å². The summed E-state index contributed by atoms with van der Waals surface area (Å²) in [4.78, 5) is 67.1. The lowest BCUT2D eigenvalue weighted by atomic mass is 9.90. The standard InChI is InChI=1S/C37H33NO11/c1-2-45-37(36(38)43)31(48-35(42)27-21-13-6-14-22-27)30(47-34(41)26-19-11-5-12-20-26)29(46-33(40)25-17-9-4-10-18-25)28(49-37)23-44-32(39)24-15-7-3-8-16-24/h3-22,28-31H,2,23H2,1H3,(H2,38,43)/t28-,29+,30+,31-,37+/m1/s1. The molecule has 0 radical (unpaired) electrons. The number of carbonyl (C=O) groups excluding carboxylic acids is 5. The van der Waals surface area contributed by atoms with Gasteiger partial charge in [-0.2, -0.15) is 0 Å². The van der Waals surface area contributed by atoms with Gasteiger partial charge in [-0.15, -0.1) is 0 Å². The quantitative estimate of drug-likeness (QED) is 0.170. The van der Waals surface area contributed by atoms with E-state index in [4.69, 9.17) is 34.2 Å². The van der Waals surface area contributed by atoms with E-state index in [1.54, 1.807) is 72.8 Å². The molecule has 1 fully saturated rings. The number of primary amides is 1. The summed E-state index contributed by atoms with van der Waals surface area (Å²) in [6.07, 6.45) is -6.91. The summed E-state index contributed by atoms with van der Waals surface area (Å²) in [6.45, 7) is 0.690. The highest BCUT2D eigenvalue weighted by molar-refractivity contribution is 5.92. The van der Waals surface area contributed by atoms with Crippen LogP contribution >= 0.6 is 0 Å². The molecule has 0 bridgehead atoms. The zero-order valence-electron chi connectivity index (χ0n) is 26.3. The van der Waals surface area contributed by atoms with Crippen LogP contribution in [-0.2, 0) is 33.2 Å². The molecule has 1 aliphatic heterocycles. The summed E-state index contributed by atoms with van der Waals surface area (Å²) in [6, 6.07) is 31.5. The molecule has 1 saturated heterocycles. The Balaban J connectivity index is 1.62. The minimum absolute atomic E-state index is 0.0715.